The number of thiophene rings is 1. The number of nitrogens with one attached hydrogen (secondary N) is 2. The monoisotopic (exact) mass is 343 g/mol. The molecule has 1 aliphatic rings. The molecule has 1 aromatic heterocycles. The molecule has 2 atom stereocenters. The Labute approximate surface area is 145 Å². The maximum atomic E-state index is 12.7. The topological polar surface area (TPSA) is 61.4 Å². The average molecular weight is 343 g/mol. The molecule has 2 N–H and O–H groups in total. The van der Waals surface area contributed by atoms with Gasteiger partial charge in [0.2, 0.25) is 11.8 Å². The van der Waals surface area contributed by atoms with Crippen LogP contribution in [0.25, 0.3) is 0 Å². The highest BCUT2D eigenvalue weighted by molar-refractivity contribution is 7.10. The molecule has 3 rings (SSSR count). The van der Waals surface area contributed by atoms with E-state index in [4.69, 9.17) is 0 Å². The molecule has 0 unspecified atom stereocenters. The van der Waals surface area contributed by atoms with E-state index in [0.29, 0.717) is 6.54 Å². The molecule has 0 saturated heterocycles. The van der Waals surface area contributed by atoms with Crippen molar-refractivity contribution < 1.29 is 9.59 Å². The molecule has 0 spiro atoms. The van der Waals surface area contributed by atoms with Gasteiger partial charge in [-0.3, -0.25) is 9.59 Å². The minimum absolute atomic E-state index is 0.0966. The van der Waals surface area contributed by atoms with Gasteiger partial charge in [-0.2, -0.15) is 0 Å². The van der Waals surface area contributed by atoms with E-state index in [1.54, 1.807) is 11.3 Å². The summed E-state index contributed by atoms with van der Waals surface area (Å²) in [7, 11) is 4.00. The van der Waals surface area contributed by atoms with Crippen molar-refractivity contribution in [3.05, 3.63) is 52.2 Å². The third kappa shape index (κ3) is 3.49. The Kier molecular flexibility index (Phi) is 4.97. The van der Waals surface area contributed by atoms with Crippen LogP contribution in [0.3, 0.4) is 0 Å². The van der Waals surface area contributed by atoms with E-state index in [1.165, 1.54) is 4.88 Å². The number of nitrogens with zero attached hydrogens (tertiary/aromatic N) is 1. The highest BCUT2D eigenvalue weighted by atomic mass is 32.1. The second kappa shape index (κ2) is 7.15. The molecule has 126 valence electrons. The van der Waals surface area contributed by atoms with E-state index < -0.39 is 5.92 Å². The number of hydrogen-bond acceptors (Lipinski definition) is 4. The largest absolute Gasteiger partial charge is 0.354 e. The third-order valence-electron chi connectivity index (χ3n) is 4.28. The van der Waals surface area contributed by atoms with Crippen LogP contribution in [-0.4, -0.2) is 37.4 Å². The summed E-state index contributed by atoms with van der Waals surface area (Å²) in [6.45, 7) is 0.520. The van der Waals surface area contributed by atoms with Crippen LogP contribution in [0, 0.1) is 0 Å². The van der Waals surface area contributed by atoms with Crippen LogP contribution in [0.4, 0.5) is 5.69 Å². The zero-order chi connectivity index (χ0) is 17.1. The first-order chi connectivity index (χ1) is 11.6. The van der Waals surface area contributed by atoms with Crippen molar-refractivity contribution in [2.24, 2.45) is 0 Å². The highest BCUT2D eigenvalue weighted by Crippen LogP contribution is 2.32. The first-order valence-electron chi connectivity index (χ1n) is 7.92. The van der Waals surface area contributed by atoms with E-state index >= 15 is 0 Å². The van der Waals surface area contributed by atoms with Gasteiger partial charge < -0.3 is 15.5 Å². The van der Waals surface area contributed by atoms with Crippen LogP contribution >= 0.6 is 11.3 Å². The van der Waals surface area contributed by atoms with Crippen LogP contribution < -0.4 is 10.6 Å². The second-order valence-corrected chi connectivity index (χ2v) is 7.11. The number of hydrogen-bond donors (Lipinski definition) is 2. The molecule has 6 heteroatoms. The smallest absolute Gasteiger partial charge is 0.228 e. The molecule has 2 amide bonds. The Balaban J connectivity index is 1.72. The average Bonchev–Trinajstić information content (AvgIpc) is 3.07. The second-order valence-electron chi connectivity index (χ2n) is 6.13. The van der Waals surface area contributed by atoms with Crippen LogP contribution in [-0.2, 0) is 9.59 Å². The number of likely N-dealkylation sites (N-methyl/N-ethyl adjacent to an activating group) is 1. The van der Waals surface area contributed by atoms with E-state index in [-0.39, 0.29) is 24.3 Å². The van der Waals surface area contributed by atoms with E-state index in [1.807, 2.05) is 49.8 Å². The van der Waals surface area contributed by atoms with Crippen molar-refractivity contribution in [2.45, 2.75) is 18.4 Å². The van der Waals surface area contributed by atoms with Crippen molar-refractivity contribution in [1.29, 1.82) is 0 Å². The molecule has 2 aromatic rings. The summed E-state index contributed by atoms with van der Waals surface area (Å²) < 4.78 is 0. The molecule has 2 heterocycles. The summed E-state index contributed by atoms with van der Waals surface area (Å²) in [6.07, 6.45) is 0.189. The lowest BCUT2D eigenvalue weighted by molar-refractivity contribution is -0.126. The molecule has 1 aliphatic heterocycles. The number of fused-ring (bicyclic) bond motifs is 1. The van der Waals surface area contributed by atoms with Crippen LogP contribution in [0.5, 0.6) is 0 Å². The van der Waals surface area contributed by atoms with E-state index in [9.17, 15) is 9.59 Å². The van der Waals surface area contributed by atoms with Crippen molar-refractivity contribution in [1.82, 2.24) is 10.2 Å². The Hall–Kier alpha value is -2.18. The fourth-order valence-electron chi connectivity index (χ4n) is 2.98. The zero-order valence-corrected chi connectivity index (χ0v) is 14.6. The predicted molar refractivity (Wildman–Crippen MR) is 96.2 cm³/mol. The lowest BCUT2D eigenvalue weighted by Gasteiger charge is -2.27. The van der Waals surface area contributed by atoms with Gasteiger partial charge in [0, 0.05) is 23.5 Å². The van der Waals surface area contributed by atoms with Crippen molar-refractivity contribution >= 4 is 28.8 Å². The molecule has 0 fully saturated rings. The fraction of sp³-hybridized carbons (Fsp3) is 0.333. The Morgan fingerprint density at radius 2 is 2.12 bits per heavy atom. The van der Waals surface area contributed by atoms with Crippen LogP contribution in [0.15, 0.2) is 41.8 Å². The van der Waals surface area contributed by atoms with Gasteiger partial charge in [0.05, 0.1) is 12.0 Å². The number of benzene rings is 1. The van der Waals surface area contributed by atoms with Gasteiger partial charge in [0.1, 0.15) is 0 Å². The molecule has 0 bridgehead atoms. The van der Waals surface area contributed by atoms with Gasteiger partial charge in [0.25, 0.3) is 0 Å². The van der Waals surface area contributed by atoms with Crippen molar-refractivity contribution in [3.63, 3.8) is 0 Å². The number of para-hydroxylation sites is 1. The molecular formula is C18H21N3O2S. The Bertz CT molecular complexity index is 728. The van der Waals surface area contributed by atoms with Gasteiger partial charge in [0.15, 0.2) is 0 Å². The minimum atomic E-state index is -0.430. The van der Waals surface area contributed by atoms with Crippen molar-refractivity contribution in [3.8, 4) is 0 Å². The van der Waals surface area contributed by atoms with Gasteiger partial charge in [-0.1, -0.05) is 24.3 Å². The molecule has 0 saturated carbocycles. The molecule has 0 radical (unpaired) electrons. The molecular weight excluding hydrogens is 322 g/mol. The minimum Gasteiger partial charge on any atom is -0.354 e. The first kappa shape index (κ1) is 16.7. The maximum absolute atomic E-state index is 12.7. The molecule has 0 aliphatic carbocycles. The first-order valence-corrected chi connectivity index (χ1v) is 8.80. The van der Waals surface area contributed by atoms with Crippen LogP contribution in [0.1, 0.15) is 28.8 Å². The number of amides is 2. The van der Waals surface area contributed by atoms with Gasteiger partial charge >= 0.3 is 0 Å². The van der Waals surface area contributed by atoms with E-state index in [0.717, 1.165) is 11.3 Å². The lowest BCUT2D eigenvalue weighted by atomic mass is 9.90. The quantitative estimate of drug-likeness (QED) is 0.877. The summed E-state index contributed by atoms with van der Waals surface area (Å²) in [5.41, 5.74) is 1.61. The molecule has 24 heavy (non-hydrogen) atoms. The van der Waals surface area contributed by atoms with Crippen LogP contribution in [0.2, 0.25) is 0 Å². The summed E-state index contributed by atoms with van der Waals surface area (Å²) in [5.74, 6) is -0.641. The third-order valence-corrected chi connectivity index (χ3v) is 5.25. The number of carbonyl (C=O) groups excluding carboxylic acids is 2. The van der Waals surface area contributed by atoms with E-state index in [2.05, 4.69) is 21.6 Å². The molecule has 1 aromatic carbocycles. The standard InChI is InChI=1S/C18H21N3O2S/c1-21(2)15(16-8-5-9-24-16)11-19-18(23)13-10-17(22)20-14-7-4-3-6-12(13)14/h3-9,13,15H,10-11H2,1-2H3,(H,19,23)(H,20,22)/t13-,15+/m0/s1. The number of carbonyl (C=O) groups is 2. The van der Waals surface area contributed by atoms with Gasteiger partial charge in [-0.25, -0.2) is 0 Å². The summed E-state index contributed by atoms with van der Waals surface area (Å²) in [6, 6.07) is 11.7. The summed E-state index contributed by atoms with van der Waals surface area (Å²) in [5, 5.41) is 7.89. The number of rotatable bonds is 5. The Morgan fingerprint density at radius 3 is 2.83 bits per heavy atom. The van der Waals surface area contributed by atoms with Gasteiger partial charge in [-0.15, -0.1) is 11.3 Å². The summed E-state index contributed by atoms with van der Waals surface area (Å²) >= 11 is 1.68. The highest BCUT2D eigenvalue weighted by Gasteiger charge is 2.30. The molecule has 5 nitrogen and oxygen atoms in total. The maximum Gasteiger partial charge on any atom is 0.228 e. The fourth-order valence-corrected chi connectivity index (χ4v) is 3.91. The number of anilines is 1. The van der Waals surface area contributed by atoms with Gasteiger partial charge in [-0.05, 0) is 37.2 Å². The normalized spacial score (nSPS) is 18.0. The SMILES string of the molecule is CN(C)[C@H](CNC(=O)[C@H]1CC(=O)Nc2ccccc21)c1cccs1. The predicted octanol–water partition coefficient (Wildman–Crippen LogP) is 2.59. The lowest BCUT2D eigenvalue weighted by Crippen LogP contribution is -2.39. The zero-order valence-electron chi connectivity index (χ0n) is 13.8. The van der Waals surface area contributed by atoms with Crippen molar-refractivity contribution in [2.75, 3.05) is 26.0 Å². The summed E-state index contributed by atoms with van der Waals surface area (Å²) in [4.78, 5) is 27.9. The Morgan fingerprint density at radius 1 is 1.33 bits per heavy atom.